The SMILES string of the molecule is Cc1c(/C=C/c2ccccc2)c2ccccc2n1Cc1cccc(C(F)(F)F)c1. The van der Waals surface area contributed by atoms with Gasteiger partial charge in [0.25, 0.3) is 0 Å². The molecule has 0 aliphatic rings. The number of nitrogens with zero attached hydrogens (tertiary/aromatic N) is 1. The van der Waals surface area contributed by atoms with E-state index in [0.717, 1.165) is 33.8 Å². The predicted octanol–water partition coefficient (Wildman–Crippen LogP) is 7.19. The summed E-state index contributed by atoms with van der Waals surface area (Å²) in [4.78, 5) is 0. The van der Waals surface area contributed by atoms with Crippen LogP contribution in [0.1, 0.15) is 27.9 Å². The minimum absolute atomic E-state index is 0.384. The fraction of sp³-hybridized carbons (Fsp3) is 0.120. The Hall–Kier alpha value is -3.27. The highest BCUT2D eigenvalue weighted by Crippen LogP contribution is 2.31. The molecule has 1 aromatic heterocycles. The third kappa shape index (κ3) is 3.97. The quantitative estimate of drug-likeness (QED) is 0.347. The fourth-order valence-electron chi connectivity index (χ4n) is 3.64. The lowest BCUT2D eigenvalue weighted by Gasteiger charge is -2.12. The molecule has 4 aromatic rings. The number of benzene rings is 3. The summed E-state index contributed by atoms with van der Waals surface area (Å²) in [5, 5.41) is 1.09. The number of hydrogen-bond donors (Lipinski definition) is 0. The first-order valence-corrected chi connectivity index (χ1v) is 9.40. The van der Waals surface area contributed by atoms with E-state index >= 15 is 0 Å². The molecule has 0 unspecified atom stereocenters. The molecule has 4 rings (SSSR count). The smallest absolute Gasteiger partial charge is 0.340 e. The molecule has 3 aromatic carbocycles. The summed E-state index contributed by atoms with van der Waals surface area (Å²) in [5.41, 5.74) is 4.22. The maximum atomic E-state index is 13.1. The molecule has 1 nitrogen and oxygen atoms in total. The van der Waals surface area contributed by atoms with E-state index in [-0.39, 0.29) is 0 Å². The highest BCUT2D eigenvalue weighted by Gasteiger charge is 2.30. The molecule has 0 fully saturated rings. The van der Waals surface area contributed by atoms with Gasteiger partial charge in [0.2, 0.25) is 0 Å². The number of alkyl halides is 3. The van der Waals surface area contributed by atoms with Crippen LogP contribution in [0.4, 0.5) is 13.2 Å². The number of hydrogen-bond acceptors (Lipinski definition) is 0. The molecule has 0 amide bonds. The Morgan fingerprint density at radius 2 is 1.55 bits per heavy atom. The van der Waals surface area contributed by atoms with Crippen LogP contribution >= 0.6 is 0 Å². The predicted molar refractivity (Wildman–Crippen MR) is 113 cm³/mol. The zero-order valence-electron chi connectivity index (χ0n) is 15.9. The first kappa shape index (κ1) is 19.1. The van der Waals surface area contributed by atoms with Gasteiger partial charge in [-0.3, -0.25) is 0 Å². The van der Waals surface area contributed by atoms with E-state index in [0.29, 0.717) is 12.1 Å². The van der Waals surface area contributed by atoms with E-state index in [1.165, 1.54) is 12.1 Å². The van der Waals surface area contributed by atoms with E-state index in [1.807, 2.05) is 55.5 Å². The van der Waals surface area contributed by atoms with Crippen molar-refractivity contribution in [3.05, 3.63) is 107 Å². The van der Waals surface area contributed by atoms with Gasteiger partial charge in [0.05, 0.1) is 5.56 Å². The summed E-state index contributed by atoms with van der Waals surface area (Å²) in [6.07, 6.45) is -0.202. The van der Waals surface area contributed by atoms with Crippen LogP contribution in [-0.4, -0.2) is 4.57 Å². The summed E-state index contributed by atoms with van der Waals surface area (Å²) in [6.45, 7) is 2.40. The second-order valence-corrected chi connectivity index (χ2v) is 7.04. The molecule has 146 valence electrons. The maximum absolute atomic E-state index is 13.1. The third-order valence-electron chi connectivity index (χ3n) is 5.12. The second kappa shape index (κ2) is 7.63. The maximum Gasteiger partial charge on any atom is 0.416 e. The van der Waals surface area contributed by atoms with Gasteiger partial charge in [0.1, 0.15) is 0 Å². The lowest BCUT2D eigenvalue weighted by Crippen LogP contribution is -2.07. The third-order valence-corrected chi connectivity index (χ3v) is 5.12. The van der Waals surface area contributed by atoms with Crippen molar-refractivity contribution >= 4 is 23.1 Å². The van der Waals surface area contributed by atoms with Gasteiger partial charge in [-0.15, -0.1) is 0 Å². The molecule has 0 saturated carbocycles. The highest BCUT2D eigenvalue weighted by atomic mass is 19.4. The molecule has 1 heterocycles. The number of halogens is 3. The minimum atomic E-state index is -4.34. The van der Waals surface area contributed by atoms with Gasteiger partial charge in [-0.25, -0.2) is 0 Å². The molecule has 0 spiro atoms. The highest BCUT2D eigenvalue weighted by molar-refractivity contribution is 5.93. The van der Waals surface area contributed by atoms with Crippen molar-refractivity contribution in [1.82, 2.24) is 4.57 Å². The van der Waals surface area contributed by atoms with Gasteiger partial charge >= 0.3 is 6.18 Å². The van der Waals surface area contributed by atoms with E-state index < -0.39 is 11.7 Å². The van der Waals surface area contributed by atoms with Gasteiger partial charge in [-0.1, -0.05) is 72.8 Å². The number of rotatable bonds is 4. The van der Waals surface area contributed by atoms with Gasteiger partial charge in [0.15, 0.2) is 0 Å². The van der Waals surface area contributed by atoms with Crippen LogP contribution in [0.2, 0.25) is 0 Å². The Morgan fingerprint density at radius 1 is 0.828 bits per heavy atom. The Kier molecular flexibility index (Phi) is 5.01. The van der Waals surface area contributed by atoms with Crippen LogP contribution in [0, 0.1) is 6.92 Å². The van der Waals surface area contributed by atoms with Crippen LogP contribution in [0.3, 0.4) is 0 Å². The Balaban J connectivity index is 1.76. The summed E-state index contributed by atoms with van der Waals surface area (Å²) < 4.78 is 41.3. The van der Waals surface area contributed by atoms with Crippen molar-refractivity contribution in [3.8, 4) is 0 Å². The normalized spacial score (nSPS) is 12.1. The zero-order chi connectivity index (χ0) is 20.4. The van der Waals surface area contributed by atoms with E-state index in [1.54, 1.807) is 6.07 Å². The second-order valence-electron chi connectivity index (χ2n) is 7.04. The summed E-state index contributed by atoms with van der Waals surface area (Å²) in [6, 6.07) is 23.6. The van der Waals surface area contributed by atoms with Crippen LogP contribution in [0.15, 0.2) is 78.9 Å². The summed E-state index contributed by atoms with van der Waals surface area (Å²) >= 11 is 0. The molecule has 29 heavy (non-hydrogen) atoms. The molecule has 0 aliphatic carbocycles. The molecular weight excluding hydrogens is 371 g/mol. The molecule has 0 bridgehead atoms. The van der Waals surface area contributed by atoms with Gasteiger partial charge in [-0.05, 0) is 36.2 Å². The molecule has 0 radical (unpaired) electrons. The minimum Gasteiger partial charge on any atom is -0.340 e. The van der Waals surface area contributed by atoms with E-state index in [9.17, 15) is 13.2 Å². The van der Waals surface area contributed by atoms with Crippen LogP contribution in [-0.2, 0) is 12.7 Å². The zero-order valence-corrected chi connectivity index (χ0v) is 15.9. The Bertz CT molecular complexity index is 1170. The molecule has 4 heteroatoms. The van der Waals surface area contributed by atoms with Gasteiger partial charge < -0.3 is 4.57 Å². The first-order valence-electron chi connectivity index (χ1n) is 9.40. The average molecular weight is 391 g/mol. The van der Waals surface area contributed by atoms with Crippen LogP contribution < -0.4 is 0 Å². The lowest BCUT2D eigenvalue weighted by atomic mass is 10.1. The number of fused-ring (bicyclic) bond motifs is 1. The van der Waals surface area contributed by atoms with E-state index in [2.05, 4.69) is 22.8 Å². The average Bonchev–Trinajstić information content (AvgIpc) is 2.98. The van der Waals surface area contributed by atoms with Crippen molar-refractivity contribution in [2.24, 2.45) is 0 Å². The van der Waals surface area contributed by atoms with Crippen molar-refractivity contribution < 1.29 is 13.2 Å². The van der Waals surface area contributed by atoms with Crippen molar-refractivity contribution in [2.75, 3.05) is 0 Å². The van der Waals surface area contributed by atoms with Crippen LogP contribution in [0.5, 0.6) is 0 Å². The summed E-state index contributed by atoms with van der Waals surface area (Å²) in [7, 11) is 0. The molecule has 0 N–H and O–H groups in total. The van der Waals surface area contributed by atoms with Gasteiger partial charge in [0, 0.05) is 28.7 Å². The van der Waals surface area contributed by atoms with Crippen molar-refractivity contribution in [3.63, 3.8) is 0 Å². The molecule has 0 aliphatic heterocycles. The molecule has 0 atom stereocenters. The van der Waals surface area contributed by atoms with Crippen molar-refractivity contribution in [2.45, 2.75) is 19.6 Å². The molecule has 0 saturated heterocycles. The Morgan fingerprint density at radius 3 is 2.31 bits per heavy atom. The Labute approximate surface area is 167 Å². The van der Waals surface area contributed by atoms with Crippen LogP contribution in [0.25, 0.3) is 23.1 Å². The summed E-state index contributed by atoms with van der Waals surface area (Å²) in [5.74, 6) is 0. The monoisotopic (exact) mass is 391 g/mol. The molecular formula is C25H20F3N. The van der Waals surface area contributed by atoms with Crippen molar-refractivity contribution in [1.29, 1.82) is 0 Å². The number of para-hydroxylation sites is 1. The largest absolute Gasteiger partial charge is 0.416 e. The van der Waals surface area contributed by atoms with Gasteiger partial charge in [-0.2, -0.15) is 13.2 Å². The van der Waals surface area contributed by atoms with E-state index in [4.69, 9.17) is 0 Å². The standard InChI is InChI=1S/C25H20F3N/c1-18-22(15-14-19-8-3-2-4-9-19)23-12-5-6-13-24(23)29(18)17-20-10-7-11-21(16-20)25(26,27)28/h2-16H,17H2,1H3/b15-14+. The fourth-order valence-corrected chi connectivity index (χ4v) is 3.64. The topological polar surface area (TPSA) is 4.93 Å². The lowest BCUT2D eigenvalue weighted by molar-refractivity contribution is -0.137. The first-order chi connectivity index (χ1) is 13.9. The number of aromatic nitrogens is 1.